The van der Waals surface area contributed by atoms with Crippen LogP contribution in [-0.2, 0) is 19.1 Å². The number of alkyl halides is 2. The lowest BCUT2D eigenvalue weighted by atomic mass is 9.87. The molecular weight excluding hydrogens is 494 g/mol. The van der Waals surface area contributed by atoms with Crippen LogP contribution in [0.15, 0.2) is 0 Å². The molecule has 12 heteroatoms. The van der Waals surface area contributed by atoms with Crippen molar-refractivity contribution in [2.75, 3.05) is 18.9 Å². The third-order valence-electron chi connectivity index (χ3n) is 7.43. The van der Waals surface area contributed by atoms with Crippen LogP contribution < -0.4 is 16.0 Å². The second kappa shape index (κ2) is 11.2. The molecular formula is C24H32F2N4O5S. The molecule has 4 rings (SSSR count). The molecule has 3 aliphatic heterocycles. The Morgan fingerprint density at radius 3 is 2.64 bits per heavy atom. The summed E-state index contributed by atoms with van der Waals surface area (Å²) in [6, 6.07) is -2.19. The van der Waals surface area contributed by atoms with Gasteiger partial charge in [0.1, 0.15) is 12.1 Å². The number of fused-ring (bicyclic) bond motifs is 1. The van der Waals surface area contributed by atoms with Gasteiger partial charge >= 0.3 is 6.09 Å². The number of hydrogen-bond acceptors (Lipinski definition) is 6. The molecule has 5 atom stereocenters. The van der Waals surface area contributed by atoms with Gasteiger partial charge in [0, 0.05) is 31.1 Å². The van der Waals surface area contributed by atoms with Gasteiger partial charge in [-0.2, -0.15) is 0 Å². The highest BCUT2D eigenvalue weighted by molar-refractivity contribution is 8.00. The molecule has 4 amide bonds. The third-order valence-corrected chi connectivity index (χ3v) is 8.79. The zero-order valence-electron chi connectivity index (χ0n) is 20.0. The predicted molar refractivity (Wildman–Crippen MR) is 128 cm³/mol. The number of piperidine rings is 1. The van der Waals surface area contributed by atoms with Crippen molar-refractivity contribution in [3.05, 3.63) is 0 Å². The lowest BCUT2D eigenvalue weighted by Crippen LogP contribution is -2.59. The van der Waals surface area contributed by atoms with Gasteiger partial charge in [0.2, 0.25) is 23.6 Å². The van der Waals surface area contributed by atoms with Crippen molar-refractivity contribution in [2.24, 2.45) is 11.8 Å². The summed E-state index contributed by atoms with van der Waals surface area (Å²) < 4.78 is 31.8. The summed E-state index contributed by atoms with van der Waals surface area (Å²) in [6.07, 6.45) is 6.99. The van der Waals surface area contributed by atoms with E-state index in [1.807, 2.05) is 0 Å². The third kappa shape index (κ3) is 6.22. The van der Waals surface area contributed by atoms with Gasteiger partial charge in [-0.25, -0.2) is 13.6 Å². The second-order valence-electron chi connectivity index (χ2n) is 9.96. The number of carbonyl (C=O) groups excluding carboxylic acids is 4. The summed E-state index contributed by atoms with van der Waals surface area (Å²) in [5, 5.41) is 7.96. The van der Waals surface area contributed by atoms with E-state index in [0.29, 0.717) is 38.0 Å². The van der Waals surface area contributed by atoms with E-state index in [4.69, 9.17) is 11.2 Å². The number of terminal acetylenes is 1. The maximum atomic E-state index is 13.3. The normalized spacial score (nSPS) is 30.6. The number of hydrogen-bond donors (Lipinski definition) is 3. The molecule has 3 N–H and O–H groups in total. The molecule has 5 unspecified atom stereocenters. The van der Waals surface area contributed by atoms with E-state index in [9.17, 15) is 28.0 Å². The van der Waals surface area contributed by atoms with Gasteiger partial charge in [-0.1, -0.05) is 5.92 Å². The standard InChI is InChI=1S/C24H32F2N4O5S/c1-2-16(11-15-7-10-27-20(15)31)28-21(32)18-13-36-19-4-3-17(22(33)30(18)19)29-23(34)35-12-14-5-8-24(25,26)9-6-14/h1,14-19H,3-13H2,(H,27,31)(H,28,32)(H,29,34). The van der Waals surface area contributed by atoms with Crippen molar-refractivity contribution in [3.8, 4) is 12.3 Å². The van der Waals surface area contributed by atoms with E-state index in [0.717, 1.165) is 0 Å². The van der Waals surface area contributed by atoms with E-state index >= 15 is 0 Å². The summed E-state index contributed by atoms with van der Waals surface area (Å²) in [4.78, 5) is 51.9. The summed E-state index contributed by atoms with van der Waals surface area (Å²) in [6.45, 7) is 0.619. The topological polar surface area (TPSA) is 117 Å². The fourth-order valence-corrected chi connectivity index (χ4v) is 6.70. The van der Waals surface area contributed by atoms with Crippen molar-refractivity contribution in [1.82, 2.24) is 20.9 Å². The minimum absolute atomic E-state index is 0.0303. The highest BCUT2D eigenvalue weighted by Gasteiger charge is 2.47. The Morgan fingerprint density at radius 1 is 1.22 bits per heavy atom. The largest absolute Gasteiger partial charge is 0.449 e. The molecule has 0 aromatic carbocycles. The van der Waals surface area contributed by atoms with Gasteiger partial charge in [0.25, 0.3) is 0 Å². The second-order valence-corrected chi connectivity index (χ2v) is 11.2. The Kier molecular flexibility index (Phi) is 8.27. The predicted octanol–water partition coefficient (Wildman–Crippen LogP) is 1.61. The monoisotopic (exact) mass is 526 g/mol. The van der Waals surface area contributed by atoms with Gasteiger partial charge in [-0.05, 0) is 44.4 Å². The number of alkyl carbamates (subject to hydrolysis) is 1. The number of amides is 4. The summed E-state index contributed by atoms with van der Waals surface area (Å²) in [5.74, 6) is -0.895. The lowest BCUT2D eigenvalue weighted by Gasteiger charge is -2.37. The van der Waals surface area contributed by atoms with E-state index in [-0.39, 0.29) is 67.2 Å². The van der Waals surface area contributed by atoms with Gasteiger partial charge < -0.3 is 25.6 Å². The first-order valence-electron chi connectivity index (χ1n) is 12.5. The average Bonchev–Trinajstić information content (AvgIpc) is 3.46. The van der Waals surface area contributed by atoms with Crippen LogP contribution in [0, 0.1) is 24.2 Å². The molecule has 36 heavy (non-hydrogen) atoms. The van der Waals surface area contributed by atoms with E-state index in [1.54, 1.807) is 0 Å². The van der Waals surface area contributed by atoms with Crippen molar-refractivity contribution < 1.29 is 32.7 Å². The van der Waals surface area contributed by atoms with E-state index in [1.165, 1.54) is 16.7 Å². The number of carbonyl (C=O) groups is 4. The van der Waals surface area contributed by atoms with Gasteiger partial charge in [-0.3, -0.25) is 14.4 Å². The zero-order valence-corrected chi connectivity index (χ0v) is 20.8. The van der Waals surface area contributed by atoms with Gasteiger partial charge in [0.05, 0.1) is 18.0 Å². The first kappa shape index (κ1) is 26.5. The molecule has 0 bridgehead atoms. The van der Waals surface area contributed by atoms with Crippen molar-refractivity contribution >= 4 is 35.6 Å². The Morgan fingerprint density at radius 2 is 1.97 bits per heavy atom. The smallest absolute Gasteiger partial charge is 0.407 e. The quantitative estimate of drug-likeness (QED) is 0.434. The fraction of sp³-hybridized carbons (Fsp3) is 0.750. The maximum absolute atomic E-state index is 13.3. The number of ether oxygens (including phenoxy) is 1. The molecule has 0 radical (unpaired) electrons. The molecule has 198 valence electrons. The molecule has 0 aromatic heterocycles. The summed E-state index contributed by atoms with van der Waals surface area (Å²) >= 11 is 1.51. The Balaban J connectivity index is 1.27. The summed E-state index contributed by atoms with van der Waals surface area (Å²) in [5.41, 5.74) is 0. The SMILES string of the molecule is C#CC(CC1CCNC1=O)NC(=O)C1CSC2CCC(NC(=O)OCC3CCC(F)(F)CC3)C(=O)N21. The number of thioether (sulfide) groups is 1. The number of nitrogens with zero attached hydrogens (tertiary/aromatic N) is 1. The van der Waals surface area contributed by atoms with Crippen molar-refractivity contribution in [3.63, 3.8) is 0 Å². The highest BCUT2D eigenvalue weighted by Crippen LogP contribution is 2.37. The number of rotatable bonds is 7. The minimum atomic E-state index is -2.65. The van der Waals surface area contributed by atoms with Crippen LogP contribution in [0.2, 0.25) is 0 Å². The summed E-state index contributed by atoms with van der Waals surface area (Å²) in [7, 11) is 0. The molecule has 4 fully saturated rings. The molecule has 0 spiro atoms. The molecule has 0 aromatic rings. The van der Waals surface area contributed by atoms with Crippen molar-refractivity contribution in [1.29, 1.82) is 0 Å². The highest BCUT2D eigenvalue weighted by atomic mass is 32.2. The van der Waals surface area contributed by atoms with Crippen LogP contribution in [0.4, 0.5) is 13.6 Å². The van der Waals surface area contributed by atoms with Crippen LogP contribution in [-0.4, -0.2) is 77.0 Å². The van der Waals surface area contributed by atoms with Crippen LogP contribution in [0.1, 0.15) is 51.4 Å². The van der Waals surface area contributed by atoms with Crippen LogP contribution >= 0.6 is 11.8 Å². The maximum Gasteiger partial charge on any atom is 0.407 e. The molecule has 3 saturated heterocycles. The van der Waals surface area contributed by atoms with Crippen LogP contribution in [0.25, 0.3) is 0 Å². The van der Waals surface area contributed by atoms with E-state index < -0.39 is 30.1 Å². The Hall–Kier alpha value is -2.55. The van der Waals surface area contributed by atoms with Gasteiger partial charge in [-0.15, -0.1) is 18.2 Å². The van der Waals surface area contributed by atoms with E-state index in [2.05, 4.69) is 21.9 Å². The zero-order chi connectivity index (χ0) is 25.9. The first-order valence-corrected chi connectivity index (χ1v) is 13.5. The average molecular weight is 527 g/mol. The lowest BCUT2D eigenvalue weighted by molar-refractivity contribution is -0.143. The fourth-order valence-electron chi connectivity index (χ4n) is 5.27. The number of halogens is 2. The van der Waals surface area contributed by atoms with Crippen LogP contribution in [0.5, 0.6) is 0 Å². The van der Waals surface area contributed by atoms with Crippen LogP contribution in [0.3, 0.4) is 0 Å². The molecule has 1 saturated carbocycles. The molecule has 1 aliphatic carbocycles. The minimum Gasteiger partial charge on any atom is -0.449 e. The molecule has 9 nitrogen and oxygen atoms in total. The Bertz CT molecular complexity index is 919. The van der Waals surface area contributed by atoms with Gasteiger partial charge in [0.15, 0.2) is 0 Å². The van der Waals surface area contributed by atoms with Crippen molar-refractivity contribution in [2.45, 2.75) is 80.8 Å². The first-order chi connectivity index (χ1) is 17.2. The molecule has 3 heterocycles. The Labute approximate surface area is 213 Å². The molecule has 4 aliphatic rings. The number of nitrogens with one attached hydrogen (secondary N) is 3.